The summed E-state index contributed by atoms with van der Waals surface area (Å²) in [5, 5.41) is 8.18. The molecule has 5 heteroatoms. The first-order valence-electron chi connectivity index (χ1n) is 3.97. The molecular weight excluding hydrogens is 218 g/mol. The van der Waals surface area contributed by atoms with Gasteiger partial charge in [0, 0.05) is 18.8 Å². The standard InChI is InChI=1S/C9H8ClN3S/c1-11-12-9-13(2)7-4-3-6(10)5-8(7)14-9/h3-5H,1H2,2H3/b12-9-. The van der Waals surface area contributed by atoms with Crippen molar-refractivity contribution in [2.75, 3.05) is 0 Å². The van der Waals surface area contributed by atoms with Gasteiger partial charge in [-0.2, -0.15) is 5.10 Å². The van der Waals surface area contributed by atoms with Gasteiger partial charge in [0.1, 0.15) is 0 Å². The lowest BCUT2D eigenvalue weighted by Gasteiger charge is -1.93. The molecule has 1 aromatic heterocycles. The predicted molar refractivity (Wildman–Crippen MR) is 60.9 cm³/mol. The van der Waals surface area contributed by atoms with Gasteiger partial charge in [0.2, 0.25) is 4.80 Å². The monoisotopic (exact) mass is 225 g/mol. The number of hydrogen-bond donors (Lipinski definition) is 0. The second-order valence-corrected chi connectivity index (χ2v) is 4.24. The maximum Gasteiger partial charge on any atom is 0.211 e. The van der Waals surface area contributed by atoms with Crippen LogP contribution in [-0.2, 0) is 7.05 Å². The fourth-order valence-electron chi connectivity index (χ4n) is 1.26. The van der Waals surface area contributed by atoms with Crippen LogP contribution in [0.3, 0.4) is 0 Å². The molecule has 0 unspecified atom stereocenters. The highest BCUT2D eigenvalue weighted by atomic mass is 35.5. The summed E-state index contributed by atoms with van der Waals surface area (Å²) < 4.78 is 3.06. The first-order valence-corrected chi connectivity index (χ1v) is 5.16. The van der Waals surface area contributed by atoms with E-state index < -0.39 is 0 Å². The zero-order valence-corrected chi connectivity index (χ0v) is 9.14. The van der Waals surface area contributed by atoms with Crippen LogP contribution in [0.5, 0.6) is 0 Å². The lowest BCUT2D eigenvalue weighted by molar-refractivity contribution is 0.890. The molecule has 0 aliphatic rings. The number of aryl methyl sites for hydroxylation is 1. The van der Waals surface area contributed by atoms with E-state index in [0.717, 1.165) is 20.0 Å². The van der Waals surface area contributed by atoms with Crippen molar-refractivity contribution in [2.24, 2.45) is 17.3 Å². The molecule has 0 atom stereocenters. The van der Waals surface area contributed by atoms with Crippen LogP contribution in [0, 0.1) is 0 Å². The molecule has 72 valence electrons. The number of fused-ring (bicyclic) bond motifs is 1. The van der Waals surface area contributed by atoms with E-state index in [1.165, 1.54) is 0 Å². The first kappa shape index (κ1) is 9.43. The first-order chi connectivity index (χ1) is 6.72. The molecular formula is C9H8ClN3S. The van der Waals surface area contributed by atoms with Gasteiger partial charge < -0.3 is 4.57 Å². The van der Waals surface area contributed by atoms with Gasteiger partial charge in [-0.25, -0.2) is 0 Å². The molecule has 0 saturated carbocycles. The van der Waals surface area contributed by atoms with Gasteiger partial charge in [0.15, 0.2) is 0 Å². The Kier molecular flexibility index (Phi) is 2.39. The zero-order valence-electron chi connectivity index (χ0n) is 7.57. The van der Waals surface area contributed by atoms with E-state index in [9.17, 15) is 0 Å². The van der Waals surface area contributed by atoms with E-state index in [2.05, 4.69) is 16.9 Å². The van der Waals surface area contributed by atoms with Crippen molar-refractivity contribution < 1.29 is 0 Å². The van der Waals surface area contributed by atoms with E-state index in [0.29, 0.717) is 0 Å². The number of hydrogen-bond acceptors (Lipinski definition) is 3. The topological polar surface area (TPSA) is 29.6 Å². The molecule has 14 heavy (non-hydrogen) atoms. The number of halogens is 1. The van der Waals surface area contributed by atoms with Crippen molar-refractivity contribution in [2.45, 2.75) is 0 Å². The molecule has 1 aromatic carbocycles. The largest absolute Gasteiger partial charge is 0.318 e. The second-order valence-electron chi connectivity index (χ2n) is 2.80. The Hall–Kier alpha value is -1.13. The van der Waals surface area contributed by atoms with Crippen molar-refractivity contribution in [1.29, 1.82) is 0 Å². The van der Waals surface area contributed by atoms with Crippen molar-refractivity contribution in [3.05, 3.63) is 28.0 Å². The van der Waals surface area contributed by atoms with Crippen LogP contribution in [0.1, 0.15) is 0 Å². The fraction of sp³-hybridized carbons (Fsp3) is 0.111. The van der Waals surface area contributed by atoms with Gasteiger partial charge in [-0.1, -0.05) is 22.9 Å². The van der Waals surface area contributed by atoms with Crippen LogP contribution in [0.2, 0.25) is 5.02 Å². The van der Waals surface area contributed by atoms with Gasteiger partial charge >= 0.3 is 0 Å². The summed E-state index contributed by atoms with van der Waals surface area (Å²) in [5.74, 6) is 0. The Morgan fingerprint density at radius 1 is 1.50 bits per heavy atom. The van der Waals surface area contributed by atoms with Gasteiger partial charge in [-0.05, 0) is 18.2 Å². The minimum Gasteiger partial charge on any atom is -0.318 e. The van der Waals surface area contributed by atoms with Gasteiger partial charge in [-0.15, -0.1) is 5.10 Å². The van der Waals surface area contributed by atoms with Gasteiger partial charge in [0.25, 0.3) is 0 Å². The molecule has 0 aliphatic heterocycles. The molecule has 0 radical (unpaired) electrons. The minimum absolute atomic E-state index is 0.734. The highest BCUT2D eigenvalue weighted by molar-refractivity contribution is 7.16. The number of benzene rings is 1. The van der Waals surface area contributed by atoms with E-state index in [4.69, 9.17) is 11.6 Å². The van der Waals surface area contributed by atoms with Crippen LogP contribution in [0.4, 0.5) is 0 Å². The molecule has 0 saturated heterocycles. The summed E-state index contributed by atoms with van der Waals surface area (Å²) in [7, 11) is 1.94. The van der Waals surface area contributed by atoms with Crippen molar-refractivity contribution in [1.82, 2.24) is 4.57 Å². The Labute approximate surface area is 90.0 Å². The molecule has 3 nitrogen and oxygen atoms in total. The Bertz CT molecular complexity index is 553. The molecule has 0 spiro atoms. The Balaban J connectivity index is 2.86. The van der Waals surface area contributed by atoms with E-state index in [1.54, 1.807) is 11.3 Å². The second kappa shape index (κ2) is 3.55. The van der Waals surface area contributed by atoms with E-state index in [1.807, 2.05) is 29.8 Å². The third-order valence-electron chi connectivity index (χ3n) is 1.93. The molecule has 0 fully saturated rings. The van der Waals surface area contributed by atoms with Crippen LogP contribution in [-0.4, -0.2) is 11.3 Å². The normalized spacial score (nSPS) is 12.3. The number of rotatable bonds is 1. The Morgan fingerprint density at radius 3 is 3.00 bits per heavy atom. The minimum atomic E-state index is 0.734. The third kappa shape index (κ3) is 1.47. The SMILES string of the molecule is C=N/N=c1\sc2cc(Cl)ccc2n1C. The number of thiazole rings is 1. The Morgan fingerprint density at radius 2 is 2.29 bits per heavy atom. The van der Waals surface area contributed by atoms with Gasteiger partial charge in [0.05, 0.1) is 10.2 Å². The molecule has 1 heterocycles. The van der Waals surface area contributed by atoms with Gasteiger partial charge in [-0.3, -0.25) is 0 Å². The number of nitrogens with zero attached hydrogens (tertiary/aromatic N) is 3. The lowest BCUT2D eigenvalue weighted by atomic mass is 10.3. The molecule has 0 bridgehead atoms. The van der Waals surface area contributed by atoms with Crippen molar-refractivity contribution >= 4 is 39.9 Å². The van der Waals surface area contributed by atoms with E-state index >= 15 is 0 Å². The lowest BCUT2D eigenvalue weighted by Crippen LogP contribution is -2.08. The number of aromatic nitrogens is 1. The van der Waals surface area contributed by atoms with Crippen LogP contribution in [0.25, 0.3) is 10.2 Å². The molecule has 2 aromatic rings. The molecule has 0 aliphatic carbocycles. The summed E-state index contributed by atoms with van der Waals surface area (Å²) >= 11 is 7.43. The average molecular weight is 226 g/mol. The summed E-state index contributed by atoms with van der Waals surface area (Å²) in [4.78, 5) is 0.817. The molecule has 2 rings (SSSR count). The maximum atomic E-state index is 5.89. The summed E-state index contributed by atoms with van der Waals surface area (Å²) in [5.41, 5.74) is 1.10. The van der Waals surface area contributed by atoms with E-state index in [-0.39, 0.29) is 0 Å². The highest BCUT2D eigenvalue weighted by Gasteiger charge is 2.02. The smallest absolute Gasteiger partial charge is 0.211 e. The van der Waals surface area contributed by atoms with Crippen LogP contribution in [0.15, 0.2) is 28.4 Å². The third-order valence-corrected chi connectivity index (χ3v) is 3.25. The van der Waals surface area contributed by atoms with Crippen molar-refractivity contribution in [3.63, 3.8) is 0 Å². The van der Waals surface area contributed by atoms with Crippen molar-refractivity contribution in [3.8, 4) is 0 Å². The van der Waals surface area contributed by atoms with Crippen LogP contribution < -0.4 is 4.80 Å². The van der Waals surface area contributed by atoms with Crippen LogP contribution >= 0.6 is 22.9 Å². The highest BCUT2D eigenvalue weighted by Crippen LogP contribution is 2.20. The molecule has 0 N–H and O–H groups in total. The average Bonchev–Trinajstić information content (AvgIpc) is 2.44. The zero-order chi connectivity index (χ0) is 10.1. The maximum absolute atomic E-state index is 5.89. The fourth-order valence-corrected chi connectivity index (χ4v) is 2.53. The summed E-state index contributed by atoms with van der Waals surface area (Å²) in [6, 6.07) is 5.75. The summed E-state index contributed by atoms with van der Waals surface area (Å²) in [6.07, 6.45) is 0. The molecule has 0 amide bonds. The predicted octanol–water partition coefficient (Wildman–Crippen LogP) is 2.41. The summed E-state index contributed by atoms with van der Waals surface area (Å²) in [6.45, 7) is 3.34. The quantitative estimate of drug-likeness (QED) is 0.527.